The first kappa shape index (κ1) is 53.2. The van der Waals surface area contributed by atoms with Crippen molar-refractivity contribution in [3.63, 3.8) is 0 Å². The standard InChI is InChI=1S/C66H36F12N6/c67-63(68,69)42-24-26-44(51(35-42)65(73,74)75)39-21-28-55-48(32-39)46-16-7-9-18-53(46)83(55)57-30-23-41(62-81-60(37-12-3-1-4-13-37)80-61(82-62)38-14-5-2-6-15-38)34-50(57)59-58(20-11-31-79-59)84-54-19-10-8-17-47(54)49-33-40(22-29-56(49)84)45-27-25-43(64(70,71)72)36-52(45)66(76,77)78/h1-36H. The summed E-state index contributed by atoms with van der Waals surface area (Å²) in [6.45, 7) is 0. The molecule has 0 N–H and O–H groups in total. The predicted octanol–water partition coefficient (Wildman–Crippen LogP) is 19.5. The molecule has 4 heterocycles. The predicted molar refractivity (Wildman–Crippen MR) is 299 cm³/mol. The fourth-order valence-corrected chi connectivity index (χ4v) is 11.0. The quantitative estimate of drug-likeness (QED) is 0.142. The van der Waals surface area contributed by atoms with E-state index in [2.05, 4.69) is 0 Å². The molecule has 18 heteroatoms. The van der Waals surface area contributed by atoms with Gasteiger partial charge in [0.15, 0.2) is 17.5 Å². The normalized spacial score (nSPS) is 12.5. The van der Waals surface area contributed by atoms with Crippen LogP contribution >= 0.6 is 0 Å². The van der Waals surface area contributed by atoms with Crippen LogP contribution in [0.5, 0.6) is 0 Å². The van der Waals surface area contributed by atoms with Crippen molar-refractivity contribution >= 4 is 43.6 Å². The fourth-order valence-electron chi connectivity index (χ4n) is 11.0. The number of halogens is 12. The molecule has 0 bridgehead atoms. The zero-order valence-electron chi connectivity index (χ0n) is 43.0. The fraction of sp³-hybridized carbons (Fsp3) is 0.0606. The van der Waals surface area contributed by atoms with Crippen molar-refractivity contribution in [1.82, 2.24) is 29.1 Å². The van der Waals surface area contributed by atoms with E-state index in [4.69, 9.17) is 19.9 Å². The first-order chi connectivity index (χ1) is 40.2. The van der Waals surface area contributed by atoms with Gasteiger partial charge < -0.3 is 9.13 Å². The largest absolute Gasteiger partial charge is 0.417 e. The van der Waals surface area contributed by atoms with Gasteiger partial charge in [0.25, 0.3) is 0 Å². The average molecular weight is 1140 g/mol. The minimum absolute atomic E-state index is 0.00906. The first-order valence-corrected chi connectivity index (χ1v) is 25.8. The number of hydrogen-bond acceptors (Lipinski definition) is 4. The molecule has 0 fully saturated rings. The molecule has 9 aromatic carbocycles. The number of aromatic nitrogens is 6. The molecule has 0 saturated heterocycles. The van der Waals surface area contributed by atoms with Gasteiger partial charge in [-0.3, -0.25) is 4.98 Å². The summed E-state index contributed by atoms with van der Waals surface area (Å²) in [5.74, 6) is 1.00. The van der Waals surface area contributed by atoms with Crippen LogP contribution in [0.25, 0.3) is 123 Å². The highest BCUT2D eigenvalue weighted by atomic mass is 19.4. The Morgan fingerprint density at radius 3 is 1.17 bits per heavy atom. The highest BCUT2D eigenvalue weighted by Gasteiger charge is 2.40. The third-order valence-corrected chi connectivity index (χ3v) is 14.7. The molecule has 0 aliphatic heterocycles. The lowest BCUT2D eigenvalue weighted by molar-refractivity contribution is -0.144. The average Bonchev–Trinajstić information content (AvgIpc) is 1.78. The summed E-state index contributed by atoms with van der Waals surface area (Å²) < 4.78 is 175. The molecule has 0 atom stereocenters. The van der Waals surface area contributed by atoms with Crippen molar-refractivity contribution in [3.8, 4) is 79.0 Å². The maximum absolute atomic E-state index is 14.7. The molecule has 84 heavy (non-hydrogen) atoms. The number of para-hydroxylation sites is 2. The Morgan fingerprint density at radius 1 is 0.286 bits per heavy atom. The lowest BCUT2D eigenvalue weighted by Gasteiger charge is -2.19. The van der Waals surface area contributed by atoms with Crippen LogP contribution in [0.15, 0.2) is 219 Å². The molecule has 0 unspecified atom stereocenters. The maximum atomic E-state index is 14.7. The van der Waals surface area contributed by atoms with Gasteiger partial charge in [0.1, 0.15) is 0 Å². The summed E-state index contributed by atoms with van der Waals surface area (Å²) in [4.78, 5) is 20.0. The highest BCUT2D eigenvalue weighted by Crippen LogP contribution is 2.47. The van der Waals surface area contributed by atoms with Crippen LogP contribution < -0.4 is 0 Å². The van der Waals surface area contributed by atoms with E-state index < -0.39 is 58.1 Å². The minimum atomic E-state index is -5.15. The maximum Gasteiger partial charge on any atom is 0.417 e. The second-order valence-corrected chi connectivity index (χ2v) is 19.8. The summed E-state index contributed by atoms with van der Waals surface area (Å²) in [6.07, 6.45) is -18.8. The van der Waals surface area contributed by atoms with Gasteiger partial charge in [-0.1, -0.05) is 121 Å². The Kier molecular flexibility index (Phi) is 12.6. The zero-order chi connectivity index (χ0) is 58.5. The monoisotopic (exact) mass is 1140 g/mol. The number of nitrogens with zero attached hydrogens (tertiary/aromatic N) is 6. The first-order valence-electron chi connectivity index (χ1n) is 25.8. The molecule has 0 aliphatic carbocycles. The van der Waals surface area contributed by atoms with Crippen molar-refractivity contribution in [2.75, 3.05) is 0 Å². The van der Waals surface area contributed by atoms with E-state index in [-0.39, 0.29) is 29.1 Å². The molecule has 13 rings (SSSR count). The van der Waals surface area contributed by atoms with Crippen molar-refractivity contribution in [1.29, 1.82) is 0 Å². The highest BCUT2D eigenvalue weighted by molar-refractivity contribution is 6.13. The van der Waals surface area contributed by atoms with E-state index in [1.807, 2.05) is 100 Å². The number of benzene rings is 9. The second kappa shape index (κ2) is 19.8. The topological polar surface area (TPSA) is 61.4 Å². The summed E-state index contributed by atoms with van der Waals surface area (Å²) >= 11 is 0. The van der Waals surface area contributed by atoms with Crippen LogP contribution in [0.1, 0.15) is 22.3 Å². The molecule has 6 nitrogen and oxygen atoms in total. The summed E-state index contributed by atoms with van der Waals surface area (Å²) in [7, 11) is 0. The van der Waals surface area contributed by atoms with E-state index in [1.165, 1.54) is 24.3 Å². The number of hydrogen-bond donors (Lipinski definition) is 0. The van der Waals surface area contributed by atoms with Crippen LogP contribution in [-0.2, 0) is 24.7 Å². The van der Waals surface area contributed by atoms with E-state index in [0.717, 1.165) is 12.1 Å². The SMILES string of the molecule is FC(F)(F)c1ccc(-c2ccc3c(c2)c2ccccc2n3-c2ccc(-c3nc(-c4ccccc4)nc(-c4ccccc4)n3)cc2-c2ncccc2-n2c3ccccc3c3cc(-c4ccc(C(F)(F)F)cc4C(F)(F)F)ccc32)c(C(F)(F)F)c1. The molecular weight excluding hydrogens is 1100 g/mol. The van der Waals surface area contributed by atoms with E-state index in [1.54, 1.807) is 66.9 Å². The van der Waals surface area contributed by atoms with E-state index >= 15 is 0 Å². The molecule has 414 valence electrons. The Morgan fingerprint density at radius 2 is 0.702 bits per heavy atom. The van der Waals surface area contributed by atoms with Gasteiger partial charge in [0.2, 0.25) is 0 Å². The van der Waals surface area contributed by atoms with Gasteiger partial charge in [0.05, 0.1) is 61.4 Å². The number of rotatable bonds is 8. The lowest BCUT2D eigenvalue weighted by atomic mass is 9.95. The third-order valence-electron chi connectivity index (χ3n) is 14.7. The second-order valence-electron chi connectivity index (χ2n) is 19.8. The van der Waals surface area contributed by atoms with Crippen LogP contribution in [0.4, 0.5) is 52.7 Å². The van der Waals surface area contributed by atoms with Gasteiger partial charge in [-0.15, -0.1) is 0 Å². The molecule has 0 spiro atoms. The van der Waals surface area contributed by atoms with Crippen LogP contribution in [0.3, 0.4) is 0 Å². The third kappa shape index (κ3) is 9.42. The summed E-state index contributed by atoms with van der Waals surface area (Å²) in [5.41, 5.74) is -0.875. The summed E-state index contributed by atoms with van der Waals surface area (Å²) in [6, 6.07) is 54.1. The van der Waals surface area contributed by atoms with Gasteiger partial charge >= 0.3 is 24.7 Å². The molecule has 13 aromatic rings. The van der Waals surface area contributed by atoms with Gasteiger partial charge in [-0.05, 0) is 113 Å². The van der Waals surface area contributed by atoms with E-state index in [9.17, 15) is 52.7 Å². The molecular formula is C66H36F12N6. The molecule has 4 aromatic heterocycles. The number of alkyl halides is 12. The molecule has 0 amide bonds. The smallest absolute Gasteiger partial charge is 0.309 e. The number of pyridine rings is 1. The molecule has 0 aliphatic rings. The van der Waals surface area contributed by atoms with Crippen LogP contribution in [0.2, 0.25) is 0 Å². The zero-order valence-corrected chi connectivity index (χ0v) is 43.0. The van der Waals surface area contributed by atoms with Gasteiger partial charge in [-0.25, -0.2) is 15.0 Å². The van der Waals surface area contributed by atoms with Crippen molar-refractivity contribution < 1.29 is 52.7 Å². The van der Waals surface area contributed by atoms with Crippen LogP contribution in [0, 0.1) is 0 Å². The van der Waals surface area contributed by atoms with Crippen molar-refractivity contribution in [2.24, 2.45) is 0 Å². The van der Waals surface area contributed by atoms with Crippen LogP contribution in [-0.4, -0.2) is 29.1 Å². The number of fused-ring (bicyclic) bond motifs is 6. The Labute approximate surface area is 468 Å². The van der Waals surface area contributed by atoms with Crippen molar-refractivity contribution in [3.05, 3.63) is 241 Å². The summed E-state index contributed by atoms with van der Waals surface area (Å²) in [5, 5.41) is 2.10. The van der Waals surface area contributed by atoms with Gasteiger partial charge in [-0.2, -0.15) is 52.7 Å². The Hall–Kier alpha value is -10.1. The Bertz CT molecular complexity index is 4670. The lowest BCUT2D eigenvalue weighted by Crippen LogP contribution is -2.12. The van der Waals surface area contributed by atoms with Gasteiger partial charge in [0, 0.05) is 50.0 Å². The minimum Gasteiger partial charge on any atom is -0.309 e. The molecule has 0 saturated carbocycles. The Balaban J connectivity index is 1.07. The van der Waals surface area contributed by atoms with Crippen molar-refractivity contribution in [2.45, 2.75) is 24.7 Å². The van der Waals surface area contributed by atoms with E-state index in [0.29, 0.717) is 107 Å². The molecule has 0 radical (unpaired) electrons.